The second-order valence-corrected chi connectivity index (χ2v) is 4.44. The van der Waals surface area contributed by atoms with Crippen LogP contribution in [0, 0.1) is 5.92 Å². The molecule has 1 unspecified atom stereocenters. The molecule has 1 aliphatic rings. The van der Waals surface area contributed by atoms with Crippen molar-refractivity contribution in [1.82, 2.24) is 10.2 Å². The molecule has 0 radical (unpaired) electrons. The molecule has 16 heavy (non-hydrogen) atoms. The Hall–Kier alpha value is -1.32. The molecule has 0 aromatic rings. The molecule has 0 bridgehead atoms. The lowest BCUT2D eigenvalue weighted by Crippen LogP contribution is -2.47. The van der Waals surface area contributed by atoms with Crippen molar-refractivity contribution in [3.8, 4) is 0 Å². The summed E-state index contributed by atoms with van der Waals surface area (Å²) < 4.78 is 0. The van der Waals surface area contributed by atoms with E-state index in [0.29, 0.717) is 19.5 Å². The zero-order valence-corrected chi connectivity index (χ0v) is 10.0. The van der Waals surface area contributed by atoms with E-state index in [2.05, 4.69) is 11.9 Å². The van der Waals surface area contributed by atoms with Gasteiger partial charge in [0.25, 0.3) is 0 Å². The summed E-state index contributed by atoms with van der Waals surface area (Å²) in [5.74, 6) is 0.122. The summed E-state index contributed by atoms with van der Waals surface area (Å²) in [7, 11) is 0. The first-order valence-corrected chi connectivity index (χ1v) is 5.75. The van der Waals surface area contributed by atoms with E-state index in [1.165, 1.54) is 0 Å². The van der Waals surface area contributed by atoms with Crippen molar-refractivity contribution in [1.29, 1.82) is 0 Å². The van der Waals surface area contributed by atoms with Crippen molar-refractivity contribution >= 4 is 11.8 Å². The fourth-order valence-corrected chi connectivity index (χ4v) is 1.77. The Bertz CT molecular complexity index is 287. The molecule has 0 spiro atoms. The van der Waals surface area contributed by atoms with Crippen molar-refractivity contribution < 1.29 is 9.59 Å². The number of rotatable bonds is 4. The van der Waals surface area contributed by atoms with Crippen molar-refractivity contribution in [2.75, 3.05) is 13.1 Å². The van der Waals surface area contributed by atoms with Crippen molar-refractivity contribution in [2.45, 2.75) is 32.7 Å². The summed E-state index contributed by atoms with van der Waals surface area (Å²) in [5.41, 5.74) is 0. The molecule has 2 amide bonds. The highest BCUT2D eigenvalue weighted by Gasteiger charge is 2.31. The van der Waals surface area contributed by atoms with Crippen LogP contribution in [0.15, 0.2) is 12.7 Å². The Balaban J connectivity index is 2.74. The number of nitrogens with zero attached hydrogens (tertiary/aromatic N) is 1. The summed E-state index contributed by atoms with van der Waals surface area (Å²) in [4.78, 5) is 25.3. The minimum absolute atomic E-state index is 0.0303. The molecule has 1 aliphatic heterocycles. The highest BCUT2D eigenvalue weighted by Crippen LogP contribution is 2.11. The molecule has 0 aliphatic carbocycles. The Morgan fingerprint density at radius 2 is 2.25 bits per heavy atom. The lowest BCUT2D eigenvalue weighted by atomic mass is 10.0. The minimum Gasteiger partial charge on any atom is -0.344 e. The maximum absolute atomic E-state index is 12.1. The van der Waals surface area contributed by atoms with Crippen LogP contribution in [0.1, 0.15) is 26.7 Å². The molecule has 1 atom stereocenters. The predicted molar refractivity (Wildman–Crippen MR) is 62.8 cm³/mol. The lowest BCUT2D eigenvalue weighted by Gasteiger charge is -2.25. The third kappa shape index (κ3) is 3.08. The quantitative estimate of drug-likeness (QED) is 0.722. The number of hydrogen-bond acceptors (Lipinski definition) is 2. The maximum Gasteiger partial charge on any atom is 0.245 e. The van der Waals surface area contributed by atoms with Gasteiger partial charge in [-0.25, -0.2) is 0 Å². The van der Waals surface area contributed by atoms with Crippen LogP contribution >= 0.6 is 0 Å². The van der Waals surface area contributed by atoms with Crippen LogP contribution in [-0.4, -0.2) is 35.8 Å². The van der Waals surface area contributed by atoms with Crippen LogP contribution in [-0.2, 0) is 9.59 Å². The Kier molecular flexibility index (Phi) is 4.52. The smallest absolute Gasteiger partial charge is 0.245 e. The molecule has 4 nitrogen and oxygen atoms in total. The first-order valence-electron chi connectivity index (χ1n) is 5.75. The zero-order chi connectivity index (χ0) is 12.1. The summed E-state index contributed by atoms with van der Waals surface area (Å²) in [5, 5.41) is 2.78. The van der Waals surface area contributed by atoms with Gasteiger partial charge < -0.3 is 10.2 Å². The number of nitrogens with one attached hydrogen (secondary N) is 1. The average Bonchev–Trinajstić information content (AvgIpc) is 2.37. The molecule has 1 saturated heterocycles. The molecule has 0 aromatic carbocycles. The standard InChI is InChI=1S/C12H20N2O2/c1-4-5-7-14-8-6-10(15)13-11(9(2)3)12(14)16/h4,9,11H,1,5-8H2,2-3H3,(H,13,15). The van der Waals surface area contributed by atoms with Gasteiger partial charge in [0.1, 0.15) is 6.04 Å². The van der Waals surface area contributed by atoms with E-state index < -0.39 is 0 Å². The third-order valence-corrected chi connectivity index (χ3v) is 2.77. The minimum atomic E-state index is -0.375. The van der Waals surface area contributed by atoms with Crippen LogP contribution in [0.25, 0.3) is 0 Å². The van der Waals surface area contributed by atoms with Gasteiger partial charge in [-0.3, -0.25) is 9.59 Å². The normalized spacial score (nSPS) is 21.9. The molecule has 0 saturated carbocycles. The molecule has 1 heterocycles. The first-order chi connectivity index (χ1) is 7.56. The largest absolute Gasteiger partial charge is 0.344 e. The summed E-state index contributed by atoms with van der Waals surface area (Å²) in [6.07, 6.45) is 2.95. The second kappa shape index (κ2) is 5.68. The van der Waals surface area contributed by atoms with Crippen molar-refractivity contribution in [2.24, 2.45) is 5.92 Å². The third-order valence-electron chi connectivity index (χ3n) is 2.77. The van der Waals surface area contributed by atoms with Gasteiger partial charge in [-0.2, -0.15) is 0 Å². The SMILES string of the molecule is C=CCCN1CCC(=O)NC(C(C)C)C1=O. The summed E-state index contributed by atoms with van der Waals surface area (Å²) >= 11 is 0. The average molecular weight is 224 g/mol. The number of amides is 2. The first kappa shape index (κ1) is 12.7. The van der Waals surface area contributed by atoms with E-state index in [4.69, 9.17) is 0 Å². The fraction of sp³-hybridized carbons (Fsp3) is 0.667. The van der Waals surface area contributed by atoms with Crippen LogP contribution in [0.3, 0.4) is 0 Å². The van der Waals surface area contributed by atoms with Gasteiger partial charge in [0.15, 0.2) is 0 Å². The molecule has 1 rings (SSSR count). The molecule has 1 fully saturated rings. The lowest BCUT2D eigenvalue weighted by molar-refractivity contribution is -0.134. The number of hydrogen-bond donors (Lipinski definition) is 1. The Morgan fingerprint density at radius 1 is 1.56 bits per heavy atom. The highest BCUT2D eigenvalue weighted by molar-refractivity contribution is 5.90. The topological polar surface area (TPSA) is 49.4 Å². The molecular formula is C12H20N2O2. The van der Waals surface area contributed by atoms with Crippen molar-refractivity contribution in [3.05, 3.63) is 12.7 Å². The Labute approximate surface area is 96.7 Å². The predicted octanol–water partition coefficient (Wildman–Crippen LogP) is 0.936. The van der Waals surface area contributed by atoms with Gasteiger partial charge in [-0.1, -0.05) is 19.9 Å². The summed E-state index contributed by atoms with van der Waals surface area (Å²) in [6, 6.07) is -0.375. The molecular weight excluding hydrogens is 204 g/mol. The van der Waals surface area contributed by atoms with E-state index >= 15 is 0 Å². The van der Waals surface area contributed by atoms with Crippen LogP contribution in [0.4, 0.5) is 0 Å². The van der Waals surface area contributed by atoms with Crippen LogP contribution < -0.4 is 5.32 Å². The number of carbonyl (C=O) groups is 2. The van der Waals surface area contributed by atoms with Gasteiger partial charge in [0, 0.05) is 19.5 Å². The van der Waals surface area contributed by atoms with E-state index in [-0.39, 0.29) is 23.8 Å². The molecule has 4 heteroatoms. The van der Waals surface area contributed by atoms with E-state index in [0.717, 1.165) is 6.42 Å². The second-order valence-electron chi connectivity index (χ2n) is 4.44. The Morgan fingerprint density at radius 3 is 2.81 bits per heavy atom. The van der Waals surface area contributed by atoms with Gasteiger partial charge in [0.05, 0.1) is 0 Å². The molecule has 0 aromatic heterocycles. The van der Waals surface area contributed by atoms with Crippen LogP contribution in [0.2, 0.25) is 0 Å². The fourth-order valence-electron chi connectivity index (χ4n) is 1.77. The van der Waals surface area contributed by atoms with Crippen LogP contribution in [0.5, 0.6) is 0 Å². The maximum atomic E-state index is 12.1. The van der Waals surface area contributed by atoms with Gasteiger partial charge in [-0.15, -0.1) is 6.58 Å². The van der Waals surface area contributed by atoms with E-state index in [1.807, 2.05) is 13.8 Å². The highest BCUT2D eigenvalue weighted by atomic mass is 16.2. The molecule has 1 N–H and O–H groups in total. The van der Waals surface area contributed by atoms with E-state index in [1.54, 1.807) is 11.0 Å². The van der Waals surface area contributed by atoms with E-state index in [9.17, 15) is 9.59 Å². The monoisotopic (exact) mass is 224 g/mol. The van der Waals surface area contributed by atoms with Gasteiger partial charge in [0.2, 0.25) is 11.8 Å². The van der Waals surface area contributed by atoms with Gasteiger partial charge >= 0.3 is 0 Å². The zero-order valence-electron chi connectivity index (χ0n) is 10.0. The summed E-state index contributed by atoms with van der Waals surface area (Å²) in [6.45, 7) is 8.70. The molecule has 90 valence electrons. The number of carbonyl (C=O) groups excluding carboxylic acids is 2. The van der Waals surface area contributed by atoms with Gasteiger partial charge in [-0.05, 0) is 12.3 Å². The van der Waals surface area contributed by atoms with Crippen molar-refractivity contribution in [3.63, 3.8) is 0 Å².